The molecule has 0 aromatic heterocycles. The third-order valence-corrected chi connectivity index (χ3v) is 1.23. The van der Waals surface area contributed by atoms with E-state index in [4.69, 9.17) is 5.26 Å². The number of ether oxygens (including phenoxy) is 3. The van der Waals surface area contributed by atoms with Crippen LogP contribution >= 0.6 is 0 Å². The van der Waals surface area contributed by atoms with E-state index in [0.29, 0.717) is 0 Å². The average molecular weight is 201 g/mol. The molecule has 0 saturated heterocycles. The highest BCUT2D eigenvalue weighted by Crippen LogP contribution is 1.97. The van der Waals surface area contributed by atoms with Crippen molar-refractivity contribution < 1.29 is 23.8 Å². The SMILES string of the molecule is COC(=O)OC(C)C(=O)OCCC#N. The molecule has 0 aliphatic rings. The van der Waals surface area contributed by atoms with Gasteiger partial charge in [0.2, 0.25) is 0 Å². The van der Waals surface area contributed by atoms with Crippen LogP contribution in [0.25, 0.3) is 0 Å². The van der Waals surface area contributed by atoms with Crippen LogP contribution in [0.2, 0.25) is 0 Å². The summed E-state index contributed by atoms with van der Waals surface area (Å²) in [6, 6.07) is 1.80. The van der Waals surface area contributed by atoms with Crippen LogP contribution in [0, 0.1) is 11.3 Å². The van der Waals surface area contributed by atoms with Gasteiger partial charge in [-0.15, -0.1) is 0 Å². The van der Waals surface area contributed by atoms with Gasteiger partial charge < -0.3 is 14.2 Å². The van der Waals surface area contributed by atoms with E-state index in [1.54, 1.807) is 6.07 Å². The van der Waals surface area contributed by atoms with Gasteiger partial charge in [0.05, 0.1) is 19.6 Å². The second-order valence-electron chi connectivity index (χ2n) is 2.29. The maximum atomic E-state index is 11.0. The van der Waals surface area contributed by atoms with Crippen molar-refractivity contribution in [2.24, 2.45) is 0 Å². The first kappa shape index (κ1) is 12.2. The first-order valence-corrected chi connectivity index (χ1v) is 3.90. The van der Waals surface area contributed by atoms with Crippen LogP contribution in [0.1, 0.15) is 13.3 Å². The molecule has 0 amide bonds. The van der Waals surface area contributed by atoms with Crippen molar-refractivity contribution in [2.45, 2.75) is 19.4 Å². The Morgan fingerprint density at radius 2 is 2.14 bits per heavy atom. The van der Waals surface area contributed by atoms with E-state index in [1.807, 2.05) is 0 Å². The molecular formula is C8H11NO5. The van der Waals surface area contributed by atoms with Crippen molar-refractivity contribution >= 4 is 12.1 Å². The lowest BCUT2D eigenvalue weighted by molar-refractivity contribution is -0.153. The molecule has 0 N–H and O–H groups in total. The molecule has 0 heterocycles. The minimum atomic E-state index is -1.03. The third-order valence-electron chi connectivity index (χ3n) is 1.23. The molecular weight excluding hydrogens is 190 g/mol. The maximum Gasteiger partial charge on any atom is 0.508 e. The second kappa shape index (κ2) is 6.71. The monoisotopic (exact) mass is 201 g/mol. The minimum absolute atomic E-state index is 0.00972. The summed E-state index contributed by atoms with van der Waals surface area (Å²) in [6.07, 6.45) is -1.87. The zero-order valence-corrected chi connectivity index (χ0v) is 7.98. The van der Waals surface area contributed by atoms with E-state index in [0.717, 1.165) is 7.11 Å². The normalized spacial score (nSPS) is 10.9. The Kier molecular flexibility index (Phi) is 5.87. The van der Waals surface area contributed by atoms with Gasteiger partial charge in [-0.25, -0.2) is 9.59 Å². The summed E-state index contributed by atoms with van der Waals surface area (Å²) in [7, 11) is 1.13. The smallest absolute Gasteiger partial charge is 0.462 e. The number of nitrogens with zero attached hydrogens (tertiary/aromatic N) is 1. The van der Waals surface area contributed by atoms with Crippen LogP contribution in [0.3, 0.4) is 0 Å². The first-order valence-electron chi connectivity index (χ1n) is 3.90. The standard InChI is InChI=1S/C8H11NO5/c1-6(14-8(11)12-2)7(10)13-5-3-4-9/h6H,3,5H2,1-2H3. The number of carbonyl (C=O) groups excluding carboxylic acids is 2. The van der Waals surface area contributed by atoms with Crippen LogP contribution in [0.4, 0.5) is 4.79 Å². The second-order valence-corrected chi connectivity index (χ2v) is 2.29. The lowest BCUT2D eigenvalue weighted by atomic mass is 10.4. The van der Waals surface area contributed by atoms with Crippen LogP contribution in [0.15, 0.2) is 0 Å². The van der Waals surface area contributed by atoms with Gasteiger partial charge in [-0.2, -0.15) is 5.26 Å². The number of methoxy groups -OCH3 is 1. The van der Waals surface area contributed by atoms with Gasteiger partial charge in [0.25, 0.3) is 0 Å². The Balaban J connectivity index is 3.77. The average Bonchev–Trinajstić information content (AvgIpc) is 2.17. The van der Waals surface area contributed by atoms with Crippen molar-refractivity contribution in [2.75, 3.05) is 13.7 Å². The molecule has 0 aliphatic carbocycles. The summed E-state index contributed by atoms with van der Waals surface area (Å²) in [5, 5.41) is 8.15. The van der Waals surface area contributed by atoms with Gasteiger partial charge in [0, 0.05) is 0 Å². The predicted molar refractivity (Wildman–Crippen MR) is 44.1 cm³/mol. The molecule has 1 atom stereocenters. The molecule has 0 saturated carbocycles. The van der Waals surface area contributed by atoms with Gasteiger partial charge in [-0.05, 0) is 6.92 Å². The summed E-state index contributed by atoms with van der Waals surface area (Å²) in [6.45, 7) is 1.34. The Morgan fingerprint density at radius 3 is 2.64 bits per heavy atom. The largest absolute Gasteiger partial charge is 0.508 e. The maximum absolute atomic E-state index is 11.0. The van der Waals surface area contributed by atoms with Gasteiger partial charge in [0.1, 0.15) is 6.61 Å². The van der Waals surface area contributed by atoms with Crippen LogP contribution in [0.5, 0.6) is 0 Å². The predicted octanol–water partition coefficient (Wildman–Crippen LogP) is 0.615. The van der Waals surface area contributed by atoms with E-state index in [2.05, 4.69) is 14.2 Å². The summed E-state index contributed by atoms with van der Waals surface area (Å²) >= 11 is 0. The highest BCUT2D eigenvalue weighted by atomic mass is 16.7. The molecule has 0 radical (unpaired) electrons. The topological polar surface area (TPSA) is 85.6 Å². The van der Waals surface area contributed by atoms with Crippen molar-refractivity contribution in [1.29, 1.82) is 5.26 Å². The molecule has 0 spiro atoms. The Bertz CT molecular complexity index is 245. The molecule has 78 valence electrons. The van der Waals surface area contributed by atoms with Crippen molar-refractivity contribution in [1.82, 2.24) is 0 Å². The van der Waals surface area contributed by atoms with E-state index >= 15 is 0 Å². The van der Waals surface area contributed by atoms with Crippen molar-refractivity contribution in [3.05, 3.63) is 0 Å². The summed E-state index contributed by atoms with van der Waals surface area (Å²) in [5.74, 6) is -0.703. The van der Waals surface area contributed by atoms with Crippen molar-refractivity contribution in [3.63, 3.8) is 0 Å². The molecule has 0 aromatic carbocycles. The quantitative estimate of drug-likeness (QED) is 0.489. The van der Waals surface area contributed by atoms with Crippen molar-refractivity contribution in [3.8, 4) is 6.07 Å². The number of hydrogen-bond donors (Lipinski definition) is 0. The van der Waals surface area contributed by atoms with Gasteiger partial charge >= 0.3 is 12.1 Å². The van der Waals surface area contributed by atoms with E-state index < -0.39 is 18.2 Å². The highest BCUT2D eigenvalue weighted by Gasteiger charge is 2.19. The highest BCUT2D eigenvalue weighted by molar-refractivity contribution is 5.76. The lowest BCUT2D eigenvalue weighted by Gasteiger charge is -2.10. The summed E-state index contributed by atoms with van der Waals surface area (Å²) < 4.78 is 13.2. The van der Waals surface area contributed by atoms with E-state index in [9.17, 15) is 9.59 Å². The van der Waals surface area contributed by atoms with Gasteiger partial charge in [0.15, 0.2) is 6.10 Å². The molecule has 6 heteroatoms. The molecule has 6 nitrogen and oxygen atoms in total. The number of esters is 1. The Hall–Kier alpha value is -1.77. The molecule has 0 bridgehead atoms. The number of carbonyl (C=O) groups is 2. The minimum Gasteiger partial charge on any atom is -0.462 e. The number of hydrogen-bond acceptors (Lipinski definition) is 6. The fraction of sp³-hybridized carbons (Fsp3) is 0.625. The summed E-state index contributed by atoms with van der Waals surface area (Å²) in [4.78, 5) is 21.6. The van der Waals surface area contributed by atoms with Crippen LogP contribution in [-0.4, -0.2) is 31.9 Å². The van der Waals surface area contributed by atoms with Gasteiger partial charge in [-0.1, -0.05) is 0 Å². The van der Waals surface area contributed by atoms with Crippen LogP contribution < -0.4 is 0 Å². The Labute approximate surface area is 81.4 Å². The lowest BCUT2D eigenvalue weighted by Crippen LogP contribution is -2.26. The zero-order valence-electron chi connectivity index (χ0n) is 7.98. The fourth-order valence-corrected chi connectivity index (χ4v) is 0.555. The van der Waals surface area contributed by atoms with E-state index in [-0.39, 0.29) is 13.0 Å². The fourth-order valence-electron chi connectivity index (χ4n) is 0.555. The third kappa shape index (κ3) is 4.98. The molecule has 0 aromatic rings. The molecule has 0 rings (SSSR count). The summed E-state index contributed by atoms with van der Waals surface area (Å²) in [5.41, 5.74) is 0. The van der Waals surface area contributed by atoms with Gasteiger partial charge in [-0.3, -0.25) is 0 Å². The molecule has 14 heavy (non-hydrogen) atoms. The molecule has 0 fully saturated rings. The zero-order chi connectivity index (χ0) is 11.0. The van der Waals surface area contributed by atoms with E-state index in [1.165, 1.54) is 6.92 Å². The number of nitriles is 1. The number of rotatable bonds is 4. The van der Waals surface area contributed by atoms with Crippen LogP contribution in [-0.2, 0) is 19.0 Å². The first-order chi connectivity index (χ1) is 6.61. The molecule has 1 unspecified atom stereocenters. The Morgan fingerprint density at radius 1 is 1.50 bits per heavy atom. The molecule has 0 aliphatic heterocycles.